The summed E-state index contributed by atoms with van der Waals surface area (Å²) in [5, 5.41) is 4.68. The molecule has 1 unspecified atom stereocenters. The van der Waals surface area contributed by atoms with Gasteiger partial charge in [0.05, 0.1) is 0 Å². The van der Waals surface area contributed by atoms with Crippen molar-refractivity contribution in [2.75, 3.05) is 13.1 Å². The van der Waals surface area contributed by atoms with E-state index in [0.29, 0.717) is 18.5 Å². The number of nitrogens with one attached hydrogen (secondary N) is 1. The summed E-state index contributed by atoms with van der Waals surface area (Å²) in [6, 6.07) is 13.5. The number of pyridine rings is 1. The van der Waals surface area contributed by atoms with Gasteiger partial charge in [0.2, 0.25) is 11.8 Å². The summed E-state index contributed by atoms with van der Waals surface area (Å²) in [7, 11) is 0. The minimum Gasteiger partial charge on any atom is -0.489 e. The van der Waals surface area contributed by atoms with Crippen molar-refractivity contribution in [2.45, 2.75) is 44.5 Å². The normalized spacial score (nSPS) is 22.5. The van der Waals surface area contributed by atoms with Gasteiger partial charge in [-0.1, -0.05) is 12.1 Å². The Bertz CT molecular complexity index is 1340. The largest absolute Gasteiger partial charge is 0.489 e. The van der Waals surface area contributed by atoms with E-state index < -0.39 is 11.9 Å². The van der Waals surface area contributed by atoms with Crippen molar-refractivity contribution in [2.24, 2.45) is 0 Å². The van der Waals surface area contributed by atoms with Gasteiger partial charge in [-0.15, -0.1) is 0 Å². The van der Waals surface area contributed by atoms with Gasteiger partial charge in [-0.2, -0.15) is 0 Å². The second kappa shape index (κ2) is 8.78. The fourth-order valence-electron chi connectivity index (χ4n) is 5.34. The van der Waals surface area contributed by atoms with Gasteiger partial charge in [-0.3, -0.25) is 29.6 Å². The maximum Gasteiger partial charge on any atom is 0.255 e. The molecule has 35 heavy (non-hydrogen) atoms. The first-order valence-corrected chi connectivity index (χ1v) is 12.0. The molecule has 3 amide bonds. The van der Waals surface area contributed by atoms with E-state index in [-0.39, 0.29) is 24.3 Å². The molecule has 2 fully saturated rings. The average Bonchev–Trinajstić information content (AvgIpc) is 3.42. The number of ether oxygens (including phenoxy) is 1. The van der Waals surface area contributed by atoms with Crippen molar-refractivity contribution in [3.8, 4) is 5.75 Å². The Hall–Kier alpha value is -3.78. The number of nitrogens with zero attached hydrogens (tertiary/aromatic N) is 3. The topological polar surface area (TPSA) is 91.8 Å². The fourth-order valence-corrected chi connectivity index (χ4v) is 5.34. The number of fused-ring (bicyclic) bond motifs is 2. The average molecular weight is 471 g/mol. The van der Waals surface area contributed by atoms with Crippen LogP contribution in [0.3, 0.4) is 0 Å². The fraction of sp³-hybridized carbons (Fsp3) is 0.333. The molecule has 0 radical (unpaired) electrons. The molecule has 6 rings (SSSR count). The highest BCUT2D eigenvalue weighted by atomic mass is 16.5. The third-order valence-electron chi connectivity index (χ3n) is 7.14. The number of amides is 3. The van der Waals surface area contributed by atoms with Crippen LogP contribution in [0.15, 0.2) is 54.9 Å². The zero-order chi connectivity index (χ0) is 23.9. The molecule has 178 valence electrons. The van der Waals surface area contributed by atoms with Crippen molar-refractivity contribution in [3.05, 3.63) is 71.5 Å². The lowest BCUT2D eigenvalue weighted by Gasteiger charge is -2.29. The summed E-state index contributed by atoms with van der Waals surface area (Å²) in [4.78, 5) is 44.7. The molecule has 0 saturated carbocycles. The van der Waals surface area contributed by atoms with E-state index in [1.165, 1.54) is 10.9 Å². The van der Waals surface area contributed by atoms with Crippen molar-refractivity contribution >= 4 is 28.5 Å². The van der Waals surface area contributed by atoms with Crippen molar-refractivity contribution < 1.29 is 19.1 Å². The molecular weight excluding hydrogens is 444 g/mol. The monoisotopic (exact) mass is 470 g/mol. The number of rotatable bonds is 5. The molecule has 0 bridgehead atoms. The summed E-state index contributed by atoms with van der Waals surface area (Å²) >= 11 is 0. The predicted octanol–water partition coefficient (Wildman–Crippen LogP) is 2.65. The highest BCUT2D eigenvalue weighted by Crippen LogP contribution is 2.31. The van der Waals surface area contributed by atoms with Gasteiger partial charge in [-0.25, -0.2) is 0 Å². The Labute approximate surface area is 202 Å². The van der Waals surface area contributed by atoms with Crippen molar-refractivity contribution in [1.29, 1.82) is 0 Å². The number of imide groups is 1. The number of aromatic nitrogens is 1. The minimum atomic E-state index is -0.605. The smallest absolute Gasteiger partial charge is 0.255 e. The molecule has 1 N–H and O–H groups in total. The lowest BCUT2D eigenvalue weighted by atomic mass is 10.0. The van der Waals surface area contributed by atoms with Crippen LogP contribution in [0.4, 0.5) is 0 Å². The molecule has 8 heteroatoms. The number of hydrogen-bond donors (Lipinski definition) is 1. The Morgan fingerprint density at radius 1 is 1.03 bits per heavy atom. The van der Waals surface area contributed by atoms with Crippen LogP contribution in [0.2, 0.25) is 0 Å². The molecule has 8 nitrogen and oxygen atoms in total. The quantitative estimate of drug-likeness (QED) is 0.577. The first kappa shape index (κ1) is 21.7. The maximum atomic E-state index is 12.9. The summed E-state index contributed by atoms with van der Waals surface area (Å²) in [5.41, 5.74) is 2.73. The zero-order valence-corrected chi connectivity index (χ0v) is 19.3. The van der Waals surface area contributed by atoms with Crippen LogP contribution in [-0.4, -0.2) is 57.7 Å². The second-order valence-corrected chi connectivity index (χ2v) is 9.54. The molecule has 4 heterocycles. The van der Waals surface area contributed by atoms with Gasteiger partial charge >= 0.3 is 0 Å². The first-order valence-electron chi connectivity index (χ1n) is 12.0. The van der Waals surface area contributed by atoms with Crippen LogP contribution in [0.5, 0.6) is 5.75 Å². The lowest BCUT2D eigenvalue weighted by Crippen LogP contribution is -2.52. The summed E-state index contributed by atoms with van der Waals surface area (Å²) in [6.45, 7) is 3.03. The molecule has 3 aliphatic rings. The number of benzene rings is 2. The SMILES string of the molecule is O=C1CCC(N2Cc3cc(O[C@H]4CCN(Cc5ccc6cnccc6c5)C4)ccc3C2=O)C(=O)N1. The van der Waals surface area contributed by atoms with Gasteiger partial charge < -0.3 is 9.64 Å². The van der Waals surface area contributed by atoms with Crippen LogP contribution < -0.4 is 10.1 Å². The summed E-state index contributed by atoms with van der Waals surface area (Å²) in [6.07, 6.45) is 5.34. The third kappa shape index (κ3) is 4.25. The van der Waals surface area contributed by atoms with E-state index in [9.17, 15) is 14.4 Å². The zero-order valence-electron chi connectivity index (χ0n) is 19.3. The number of carbonyl (C=O) groups is 3. The third-order valence-corrected chi connectivity index (χ3v) is 7.14. The van der Waals surface area contributed by atoms with E-state index in [0.717, 1.165) is 42.8 Å². The molecule has 2 atom stereocenters. The number of hydrogen-bond acceptors (Lipinski definition) is 6. The van der Waals surface area contributed by atoms with Gasteiger partial charge in [0.25, 0.3) is 5.91 Å². The molecule has 0 aliphatic carbocycles. The Kier molecular flexibility index (Phi) is 5.45. The molecular formula is C27H26N4O4. The predicted molar refractivity (Wildman–Crippen MR) is 129 cm³/mol. The molecule has 1 aromatic heterocycles. The Balaban J connectivity index is 1.08. The lowest BCUT2D eigenvalue weighted by molar-refractivity contribution is -0.136. The van der Waals surface area contributed by atoms with Crippen LogP contribution in [0.25, 0.3) is 10.8 Å². The number of likely N-dealkylation sites (tertiary alicyclic amines) is 1. The van der Waals surface area contributed by atoms with Gasteiger partial charge in [0.1, 0.15) is 17.9 Å². The highest BCUT2D eigenvalue weighted by molar-refractivity contribution is 6.05. The highest BCUT2D eigenvalue weighted by Gasteiger charge is 2.39. The van der Waals surface area contributed by atoms with Crippen LogP contribution in [0, 0.1) is 0 Å². The van der Waals surface area contributed by atoms with E-state index in [4.69, 9.17) is 4.74 Å². The number of piperidine rings is 1. The standard InChI is InChI=1S/C27H26N4O4/c32-25-6-5-24(26(33)29-25)31-15-20-12-21(3-4-23(20)27(31)34)35-22-8-10-30(16-22)14-17-1-2-19-13-28-9-7-18(19)11-17/h1-4,7,9,11-13,22,24H,5-6,8,10,14-16H2,(H,29,32,33)/t22-,24?/m0/s1. The van der Waals surface area contributed by atoms with Crippen molar-refractivity contribution in [1.82, 2.24) is 20.1 Å². The van der Waals surface area contributed by atoms with Crippen LogP contribution >= 0.6 is 0 Å². The Morgan fingerprint density at radius 3 is 2.83 bits per heavy atom. The van der Waals surface area contributed by atoms with Crippen LogP contribution in [0.1, 0.15) is 40.7 Å². The van der Waals surface area contributed by atoms with Crippen LogP contribution in [-0.2, 0) is 22.7 Å². The van der Waals surface area contributed by atoms with E-state index in [2.05, 4.69) is 33.4 Å². The van der Waals surface area contributed by atoms with E-state index in [1.807, 2.05) is 30.6 Å². The number of carbonyl (C=O) groups excluding carboxylic acids is 3. The van der Waals surface area contributed by atoms with Gasteiger partial charge in [0, 0.05) is 55.9 Å². The summed E-state index contributed by atoms with van der Waals surface area (Å²) < 4.78 is 6.29. The summed E-state index contributed by atoms with van der Waals surface area (Å²) in [5.74, 6) is -0.103. The Morgan fingerprint density at radius 2 is 1.94 bits per heavy atom. The molecule has 3 aliphatic heterocycles. The van der Waals surface area contributed by atoms with E-state index in [1.54, 1.807) is 11.0 Å². The minimum absolute atomic E-state index is 0.0843. The molecule has 3 aromatic rings. The van der Waals surface area contributed by atoms with Gasteiger partial charge in [-0.05, 0) is 59.7 Å². The molecule has 2 aromatic carbocycles. The van der Waals surface area contributed by atoms with Crippen molar-refractivity contribution in [3.63, 3.8) is 0 Å². The first-order chi connectivity index (χ1) is 17.0. The van der Waals surface area contributed by atoms with Gasteiger partial charge in [0.15, 0.2) is 0 Å². The maximum absolute atomic E-state index is 12.9. The molecule has 0 spiro atoms. The van der Waals surface area contributed by atoms with E-state index >= 15 is 0 Å². The second-order valence-electron chi connectivity index (χ2n) is 9.54. The molecule has 2 saturated heterocycles.